The fourth-order valence-corrected chi connectivity index (χ4v) is 3.27. The van der Waals surface area contributed by atoms with Crippen LogP contribution in [0.1, 0.15) is 17.7 Å². The van der Waals surface area contributed by atoms with E-state index in [1.54, 1.807) is 10.8 Å². The second-order valence-corrected chi connectivity index (χ2v) is 6.17. The van der Waals surface area contributed by atoms with Crippen molar-refractivity contribution in [3.8, 4) is 0 Å². The number of anilines is 2. The average Bonchev–Trinajstić information content (AvgIpc) is 3.18. The number of aromatic nitrogens is 5. The summed E-state index contributed by atoms with van der Waals surface area (Å²) in [7, 11) is 0. The highest BCUT2D eigenvalue weighted by molar-refractivity contribution is 5.68. The molecule has 7 heteroatoms. The lowest BCUT2D eigenvalue weighted by Crippen LogP contribution is -2.21. The van der Waals surface area contributed by atoms with E-state index in [-0.39, 0.29) is 0 Å². The van der Waals surface area contributed by atoms with Crippen LogP contribution in [0.3, 0.4) is 0 Å². The molecule has 1 unspecified atom stereocenters. The number of nitrogens with zero attached hydrogens (tertiary/aromatic N) is 6. The number of nitrogen functional groups attached to an aromatic ring is 1. The maximum Gasteiger partial charge on any atom is 0.200 e. The molecule has 1 saturated heterocycles. The van der Waals surface area contributed by atoms with Crippen molar-refractivity contribution in [3.63, 3.8) is 0 Å². The average molecular weight is 309 g/mol. The summed E-state index contributed by atoms with van der Waals surface area (Å²) < 4.78 is 1.75. The van der Waals surface area contributed by atoms with Crippen molar-refractivity contribution in [1.82, 2.24) is 24.8 Å². The largest absolute Gasteiger partial charge is 0.384 e. The molecule has 0 saturated carbocycles. The van der Waals surface area contributed by atoms with Crippen molar-refractivity contribution < 1.29 is 0 Å². The summed E-state index contributed by atoms with van der Waals surface area (Å²) in [6.07, 6.45) is 5.72. The molecule has 118 valence electrons. The molecule has 0 aromatic carbocycles. The summed E-state index contributed by atoms with van der Waals surface area (Å²) in [5.41, 5.74) is 9.80. The van der Waals surface area contributed by atoms with Gasteiger partial charge < -0.3 is 10.6 Å². The lowest BCUT2D eigenvalue weighted by atomic mass is 10.00. The van der Waals surface area contributed by atoms with Gasteiger partial charge in [-0.3, -0.25) is 0 Å². The van der Waals surface area contributed by atoms with Crippen molar-refractivity contribution in [3.05, 3.63) is 42.0 Å². The van der Waals surface area contributed by atoms with Gasteiger partial charge >= 0.3 is 0 Å². The summed E-state index contributed by atoms with van der Waals surface area (Å²) >= 11 is 0. The zero-order valence-corrected chi connectivity index (χ0v) is 13.1. The third-order valence-corrected chi connectivity index (χ3v) is 4.37. The lowest BCUT2D eigenvalue weighted by Gasteiger charge is -2.19. The van der Waals surface area contributed by atoms with Gasteiger partial charge in [0.1, 0.15) is 12.1 Å². The van der Waals surface area contributed by atoms with Crippen LogP contribution in [0.4, 0.5) is 11.5 Å². The number of aryl methyl sites for hydroxylation is 1. The monoisotopic (exact) mass is 309 g/mol. The second kappa shape index (κ2) is 5.49. The van der Waals surface area contributed by atoms with Gasteiger partial charge in [-0.05, 0) is 43.4 Å². The van der Waals surface area contributed by atoms with Crippen LogP contribution in [0.5, 0.6) is 0 Å². The summed E-state index contributed by atoms with van der Waals surface area (Å²) in [6, 6.07) is 6.03. The molecule has 1 aliphatic rings. The van der Waals surface area contributed by atoms with Crippen LogP contribution in [0.2, 0.25) is 0 Å². The van der Waals surface area contributed by atoms with Crippen LogP contribution >= 0.6 is 0 Å². The summed E-state index contributed by atoms with van der Waals surface area (Å²) in [5.74, 6) is 1.18. The Kier molecular flexibility index (Phi) is 3.33. The number of hydrogen-bond donors (Lipinski definition) is 1. The van der Waals surface area contributed by atoms with E-state index in [1.165, 1.54) is 5.56 Å². The minimum atomic E-state index is 0.572. The van der Waals surface area contributed by atoms with E-state index in [0.717, 1.165) is 43.0 Å². The molecule has 0 spiro atoms. The van der Waals surface area contributed by atoms with E-state index in [1.807, 2.05) is 19.2 Å². The van der Waals surface area contributed by atoms with Crippen molar-refractivity contribution in [1.29, 1.82) is 0 Å². The van der Waals surface area contributed by atoms with E-state index in [2.05, 4.69) is 37.3 Å². The summed E-state index contributed by atoms with van der Waals surface area (Å²) in [5, 5.41) is 12.6. The summed E-state index contributed by atoms with van der Waals surface area (Å²) in [6.45, 7) is 4.03. The number of nitrogens with two attached hydrogens (primary N) is 1. The Morgan fingerprint density at radius 2 is 2.26 bits per heavy atom. The van der Waals surface area contributed by atoms with Gasteiger partial charge in [0, 0.05) is 19.3 Å². The van der Waals surface area contributed by atoms with Crippen LogP contribution in [0, 0.1) is 12.8 Å². The van der Waals surface area contributed by atoms with Crippen LogP contribution in [-0.2, 0) is 6.42 Å². The highest BCUT2D eigenvalue weighted by Gasteiger charge is 2.25. The highest BCUT2D eigenvalue weighted by Crippen LogP contribution is 2.28. The molecule has 0 radical (unpaired) electrons. The van der Waals surface area contributed by atoms with Gasteiger partial charge in [-0.2, -0.15) is 9.61 Å². The van der Waals surface area contributed by atoms with Gasteiger partial charge in [-0.15, -0.1) is 10.2 Å². The van der Waals surface area contributed by atoms with Gasteiger partial charge in [-0.1, -0.05) is 6.07 Å². The van der Waals surface area contributed by atoms with Crippen LogP contribution in [0.25, 0.3) is 5.65 Å². The summed E-state index contributed by atoms with van der Waals surface area (Å²) in [4.78, 5) is 6.56. The first-order chi connectivity index (χ1) is 11.2. The Hall–Kier alpha value is -2.70. The predicted molar refractivity (Wildman–Crippen MR) is 88.2 cm³/mol. The zero-order chi connectivity index (χ0) is 15.8. The quantitative estimate of drug-likeness (QED) is 0.789. The molecule has 1 fully saturated rings. The smallest absolute Gasteiger partial charge is 0.200 e. The number of hydrogen-bond acceptors (Lipinski definition) is 6. The SMILES string of the molecule is Cc1cc(N2CCC(Cc3ccc(N)nc3)C2)c2nncn2n1. The minimum absolute atomic E-state index is 0.572. The van der Waals surface area contributed by atoms with E-state index < -0.39 is 0 Å². The van der Waals surface area contributed by atoms with Gasteiger partial charge in [0.25, 0.3) is 0 Å². The lowest BCUT2D eigenvalue weighted by molar-refractivity contribution is 0.585. The Bertz CT molecular complexity index is 824. The van der Waals surface area contributed by atoms with Crippen molar-refractivity contribution in [2.45, 2.75) is 19.8 Å². The number of pyridine rings is 1. The molecule has 0 aliphatic carbocycles. The molecule has 4 rings (SSSR count). The van der Waals surface area contributed by atoms with Crippen LogP contribution < -0.4 is 10.6 Å². The molecule has 3 aromatic heterocycles. The zero-order valence-electron chi connectivity index (χ0n) is 13.1. The molecular weight excluding hydrogens is 290 g/mol. The van der Waals surface area contributed by atoms with Gasteiger partial charge in [0.15, 0.2) is 0 Å². The molecule has 2 N–H and O–H groups in total. The molecule has 23 heavy (non-hydrogen) atoms. The Labute approximate surface area is 134 Å². The molecule has 0 bridgehead atoms. The third kappa shape index (κ3) is 2.69. The van der Waals surface area contributed by atoms with E-state index in [0.29, 0.717) is 11.7 Å². The Balaban J connectivity index is 1.53. The minimum Gasteiger partial charge on any atom is -0.384 e. The molecule has 0 amide bonds. The van der Waals surface area contributed by atoms with Crippen LogP contribution in [0.15, 0.2) is 30.7 Å². The molecule has 1 aliphatic heterocycles. The Morgan fingerprint density at radius 1 is 1.35 bits per heavy atom. The molecule has 1 atom stereocenters. The first-order valence-corrected chi connectivity index (χ1v) is 7.82. The second-order valence-electron chi connectivity index (χ2n) is 6.17. The van der Waals surface area contributed by atoms with Crippen LogP contribution in [-0.4, -0.2) is 37.9 Å². The normalized spacial score (nSPS) is 18.0. The number of fused-ring (bicyclic) bond motifs is 1. The van der Waals surface area contributed by atoms with E-state index in [9.17, 15) is 0 Å². The van der Waals surface area contributed by atoms with Crippen molar-refractivity contribution in [2.75, 3.05) is 23.7 Å². The molecule has 7 nitrogen and oxygen atoms in total. The van der Waals surface area contributed by atoms with Gasteiger partial charge in [0.05, 0.1) is 11.4 Å². The van der Waals surface area contributed by atoms with Crippen molar-refractivity contribution in [2.24, 2.45) is 5.92 Å². The molecule has 4 heterocycles. The standard InChI is InChI=1S/C16H19N7/c1-11-6-14(16-20-19-10-23(16)21-11)22-5-4-13(9-22)7-12-2-3-15(17)18-8-12/h2-3,6,8,10,13H,4-5,7,9H2,1H3,(H2,17,18). The molecular formula is C16H19N7. The molecule has 3 aromatic rings. The maximum atomic E-state index is 5.65. The van der Waals surface area contributed by atoms with Gasteiger partial charge in [-0.25, -0.2) is 4.98 Å². The topological polar surface area (TPSA) is 85.2 Å². The number of rotatable bonds is 3. The van der Waals surface area contributed by atoms with E-state index in [4.69, 9.17) is 5.73 Å². The van der Waals surface area contributed by atoms with E-state index >= 15 is 0 Å². The predicted octanol–water partition coefficient (Wildman–Crippen LogP) is 1.48. The first kappa shape index (κ1) is 13.9. The maximum absolute atomic E-state index is 5.65. The van der Waals surface area contributed by atoms with Gasteiger partial charge in [0.2, 0.25) is 5.65 Å². The fraction of sp³-hybridized carbons (Fsp3) is 0.375. The third-order valence-electron chi connectivity index (χ3n) is 4.37. The Morgan fingerprint density at radius 3 is 3.09 bits per heavy atom. The van der Waals surface area contributed by atoms with Crippen molar-refractivity contribution >= 4 is 17.2 Å². The first-order valence-electron chi connectivity index (χ1n) is 7.82. The highest BCUT2D eigenvalue weighted by atomic mass is 15.4. The fourth-order valence-electron chi connectivity index (χ4n) is 3.27.